The van der Waals surface area contributed by atoms with Crippen LogP contribution >= 0.6 is 11.8 Å². The summed E-state index contributed by atoms with van der Waals surface area (Å²) >= 11 is 1.21. The van der Waals surface area contributed by atoms with Crippen LogP contribution in [0.1, 0.15) is 6.92 Å². The van der Waals surface area contributed by atoms with Crippen LogP contribution in [-0.4, -0.2) is 16.1 Å². The van der Waals surface area contributed by atoms with Crippen molar-refractivity contribution in [2.75, 3.05) is 5.32 Å². The van der Waals surface area contributed by atoms with E-state index in [9.17, 15) is 23.7 Å². The van der Waals surface area contributed by atoms with Gasteiger partial charge in [0.1, 0.15) is 5.82 Å². The van der Waals surface area contributed by atoms with E-state index in [1.54, 1.807) is 19.1 Å². The number of nitrogens with zero attached hydrogens (tertiary/aromatic N) is 1. The molecule has 2 aromatic rings. The highest BCUT2D eigenvalue weighted by Gasteiger charge is 2.18. The first kappa shape index (κ1) is 16.9. The number of hydrogen-bond acceptors (Lipinski definition) is 4. The fourth-order valence-corrected chi connectivity index (χ4v) is 2.61. The fraction of sp³-hybridized carbons (Fsp3) is 0.133. The number of carbonyl (C=O) groups is 1. The summed E-state index contributed by atoms with van der Waals surface area (Å²) in [5.74, 6) is -1.74. The maximum absolute atomic E-state index is 13.2. The quantitative estimate of drug-likeness (QED) is 0.508. The van der Waals surface area contributed by atoms with Crippen LogP contribution in [0.15, 0.2) is 47.4 Å². The Hall–Kier alpha value is -2.48. The van der Waals surface area contributed by atoms with E-state index in [1.807, 2.05) is 0 Å². The van der Waals surface area contributed by atoms with Crippen molar-refractivity contribution in [1.82, 2.24) is 0 Å². The summed E-state index contributed by atoms with van der Waals surface area (Å²) in [5, 5.41) is 12.6. The van der Waals surface area contributed by atoms with Gasteiger partial charge in [0.25, 0.3) is 0 Å². The first-order chi connectivity index (χ1) is 10.9. The normalized spacial score (nSPS) is 11.8. The minimum atomic E-state index is -0.971. The van der Waals surface area contributed by atoms with Crippen molar-refractivity contribution in [3.8, 4) is 0 Å². The maximum atomic E-state index is 13.2. The smallest absolute Gasteiger partial charge is 0.306 e. The lowest BCUT2D eigenvalue weighted by Crippen LogP contribution is -2.22. The third kappa shape index (κ3) is 4.49. The van der Waals surface area contributed by atoms with Crippen LogP contribution < -0.4 is 5.32 Å². The van der Waals surface area contributed by atoms with Gasteiger partial charge in [-0.3, -0.25) is 14.9 Å². The lowest BCUT2D eigenvalue weighted by atomic mass is 10.2. The third-order valence-electron chi connectivity index (χ3n) is 2.91. The molecule has 1 N–H and O–H groups in total. The Morgan fingerprint density at radius 3 is 2.48 bits per heavy atom. The number of anilines is 1. The van der Waals surface area contributed by atoms with Gasteiger partial charge in [0.15, 0.2) is 0 Å². The number of rotatable bonds is 5. The van der Waals surface area contributed by atoms with Gasteiger partial charge in [-0.05, 0) is 43.3 Å². The van der Waals surface area contributed by atoms with Crippen LogP contribution in [0.5, 0.6) is 0 Å². The molecule has 2 aromatic carbocycles. The van der Waals surface area contributed by atoms with E-state index >= 15 is 0 Å². The zero-order valence-electron chi connectivity index (χ0n) is 12.0. The van der Waals surface area contributed by atoms with E-state index in [-0.39, 0.29) is 11.5 Å². The Kier molecular flexibility index (Phi) is 5.28. The molecule has 1 atom stereocenters. The minimum Gasteiger partial charge on any atom is -0.325 e. The SMILES string of the molecule is C[C@@H](Sc1ccc(F)cc1)C(=O)Nc1ccc(F)c([N+](=O)[O-])c1. The highest BCUT2D eigenvalue weighted by molar-refractivity contribution is 8.00. The van der Waals surface area contributed by atoms with Gasteiger partial charge >= 0.3 is 5.69 Å². The zero-order valence-corrected chi connectivity index (χ0v) is 12.8. The van der Waals surface area contributed by atoms with Crippen LogP contribution in [0, 0.1) is 21.7 Å². The number of benzene rings is 2. The van der Waals surface area contributed by atoms with E-state index in [4.69, 9.17) is 0 Å². The molecule has 23 heavy (non-hydrogen) atoms. The van der Waals surface area contributed by atoms with Gasteiger partial charge < -0.3 is 5.32 Å². The molecule has 5 nitrogen and oxygen atoms in total. The van der Waals surface area contributed by atoms with E-state index in [2.05, 4.69) is 5.32 Å². The number of nitrogens with one attached hydrogen (secondary N) is 1. The van der Waals surface area contributed by atoms with E-state index < -0.39 is 27.6 Å². The molecule has 0 saturated heterocycles. The van der Waals surface area contributed by atoms with Crippen molar-refractivity contribution in [2.45, 2.75) is 17.1 Å². The zero-order chi connectivity index (χ0) is 17.0. The van der Waals surface area contributed by atoms with Gasteiger partial charge in [0.2, 0.25) is 11.7 Å². The minimum absolute atomic E-state index is 0.134. The summed E-state index contributed by atoms with van der Waals surface area (Å²) in [4.78, 5) is 22.6. The van der Waals surface area contributed by atoms with Crippen LogP contribution in [0.4, 0.5) is 20.2 Å². The van der Waals surface area contributed by atoms with Crippen molar-refractivity contribution in [3.05, 3.63) is 64.2 Å². The summed E-state index contributed by atoms with van der Waals surface area (Å²) in [6.07, 6.45) is 0. The average Bonchev–Trinajstić information content (AvgIpc) is 2.51. The molecule has 0 aliphatic rings. The lowest BCUT2D eigenvalue weighted by molar-refractivity contribution is -0.387. The van der Waals surface area contributed by atoms with E-state index in [1.165, 1.54) is 30.0 Å². The van der Waals surface area contributed by atoms with Crippen molar-refractivity contribution < 1.29 is 18.5 Å². The first-order valence-electron chi connectivity index (χ1n) is 6.54. The molecule has 8 heteroatoms. The number of nitro benzene ring substituents is 1. The molecule has 0 heterocycles. The van der Waals surface area contributed by atoms with Crippen molar-refractivity contribution in [2.24, 2.45) is 0 Å². The highest BCUT2D eigenvalue weighted by atomic mass is 32.2. The monoisotopic (exact) mass is 338 g/mol. The molecule has 0 saturated carbocycles. The third-order valence-corrected chi connectivity index (χ3v) is 4.02. The number of halogens is 2. The Morgan fingerprint density at radius 1 is 1.22 bits per heavy atom. The molecule has 2 rings (SSSR count). The molecule has 1 amide bonds. The first-order valence-corrected chi connectivity index (χ1v) is 7.42. The Labute approximate surface area is 134 Å². The fourth-order valence-electron chi connectivity index (χ4n) is 1.75. The van der Waals surface area contributed by atoms with E-state index in [0.29, 0.717) is 4.90 Å². The molecule has 0 fully saturated rings. The van der Waals surface area contributed by atoms with Crippen molar-refractivity contribution in [1.29, 1.82) is 0 Å². The predicted molar refractivity (Wildman–Crippen MR) is 83.4 cm³/mol. The molecule has 0 unspecified atom stereocenters. The number of carbonyl (C=O) groups excluding carboxylic acids is 1. The summed E-state index contributed by atoms with van der Waals surface area (Å²) < 4.78 is 26.1. The van der Waals surface area contributed by atoms with Crippen molar-refractivity contribution in [3.63, 3.8) is 0 Å². The second-order valence-corrected chi connectivity index (χ2v) is 6.04. The molecule has 0 radical (unpaired) electrons. The van der Waals surface area contributed by atoms with Gasteiger partial charge in [-0.15, -0.1) is 11.8 Å². The number of amides is 1. The Bertz CT molecular complexity index is 738. The summed E-state index contributed by atoms with van der Waals surface area (Å²) in [6, 6.07) is 8.80. The summed E-state index contributed by atoms with van der Waals surface area (Å²) in [5.41, 5.74) is -0.573. The largest absolute Gasteiger partial charge is 0.325 e. The van der Waals surface area contributed by atoms with Crippen LogP contribution in [0.3, 0.4) is 0 Å². The molecule has 0 spiro atoms. The maximum Gasteiger partial charge on any atom is 0.306 e. The van der Waals surface area contributed by atoms with Gasteiger partial charge in [0.05, 0.1) is 10.2 Å². The lowest BCUT2D eigenvalue weighted by Gasteiger charge is -2.12. The van der Waals surface area contributed by atoms with Gasteiger partial charge in [-0.25, -0.2) is 4.39 Å². The molecule has 0 aliphatic heterocycles. The van der Waals surface area contributed by atoms with Crippen LogP contribution in [0.2, 0.25) is 0 Å². The molecule has 0 bridgehead atoms. The van der Waals surface area contributed by atoms with Crippen LogP contribution in [0.25, 0.3) is 0 Å². The van der Waals surface area contributed by atoms with Gasteiger partial charge in [0, 0.05) is 16.6 Å². The number of hydrogen-bond donors (Lipinski definition) is 1. The van der Waals surface area contributed by atoms with Gasteiger partial charge in [-0.2, -0.15) is 4.39 Å². The van der Waals surface area contributed by atoms with E-state index in [0.717, 1.165) is 12.1 Å². The molecular formula is C15H12F2N2O3S. The van der Waals surface area contributed by atoms with Gasteiger partial charge in [-0.1, -0.05) is 0 Å². The topological polar surface area (TPSA) is 72.2 Å². The highest BCUT2D eigenvalue weighted by Crippen LogP contribution is 2.26. The Balaban J connectivity index is 2.04. The summed E-state index contributed by atoms with van der Waals surface area (Å²) in [6.45, 7) is 1.64. The number of thioether (sulfide) groups is 1. The Morgan fingerprint density at radius 2 is 1.87 bits per heavy atom. The second-order valence-electron chi connectivity index (χ2n) is 4.63. The van der Waals surface area contributed by atoms with Crippen molar-refractivity contribution >= 4 is 29.0 Å². The molecule has 0 aromatic heterocycles. The molecular weight excluding hydrogens is 326 g/mol. The standard InChI is InChI=1S/C15H12F2N2O3S/c1-9(23-12-5-2-10(16)3-6-12)15(20)18-11-4-7-13(17)14(8-11)19(21)22/h2-9H,1H3,(H,18,20)/t9-/m1/s1. The number of nitro groups is 1. The second kappa shape index (κ2) is 7.19. The average molecular weight is 338 g/mol. The van der Waals surface area contributed by atoms with Crippen LogP contribution in [-0.2, 0) is 4.79 Å². The predicted octanol–water partition coefficient (Wildman–Crippen LogP) is 3.99. The molecule has 120 valence electrons. The molecule has 0 aliphatic carbocycles. The summed E-state index contributed by atoms with van der Waals surface area (Å²) in [7, 11) is 0.